The van der Waals surface area contributed by atoms with Crippen molar-refractivity contribution < 1.29 is 4.79 Å². The number of para-hydroxylation sites is 1. The fourth-order valence-electron chi connectivity index (χ4n) is 2.71. The van der Waals surface area contributed by atoms with Crippen LogP contribution in [0.1, 0.15) is 21.5 Å². The Morgan fingerprint density at radius 1 is 1.07 bits per heavy atom. The molecule has 3 aromatic rings. The molecule has 0 saturated carbocycles. The SMILES string of the molecule is Cc1ccccc1Nc1nc(=O)c(C(=O)N(C)C)cn1Cc1ccccc1. The topological polar surface area (TPSA) is 67.2 Å². The standard InChI is InChI=1S/C21H22N4O2/c1-15-9-7-8-12-18(15)22-21-23-19(26)17(20(27)24(2)3)14-25(21)13-16-10-5-4-6-11-16/h4-12,14H,13H2,1-3H3,(H,22,23,26). The van der Waals surface area contributed by atoms with Gasteiger partial charge in [0, 0.05) is 26.0 Å². The lowest BCUT2D eigenvalue weighted by molar-refractivity contribution is 0.0825. The smallest absolute Gasteiger partial charge is 0.287 e. The number of aryl methyl sites for hydroxylation is 1. The summed E-state index contributed by atoms with van der Waals surface area (Å²) in [7, 11) is 3.23. The van der Waals surface area contributed by atoms with Gasteiger partial charge in [0.2, 0.25) is 5.95 Å². The zero-order valence-corrected chi connectivity index (χ0v) is 15.6. The molecule has 0 bridgehead atoms. The number of carbonyl (C=O) groups is 1. The van der Waals surface area contributed by atoms with Crippen LogP contribution < -0.4 is 10.9 Å². The molecular formula is C21H22N4O2. The summed E-state index contributed by atoms with van der Waals surface area (Å²) in [4.78, 5) is 30.3. The summed E-state index contributed by atoms with van der Waals surface area (Å²) in [5.41, 5.74) is 2.43. The second kappa shape index (κ2) is 7.86. The van der Waals surface area contributed by atoms with Crippen molar-refractivity contribution in [3.63, 3.8) is 0 Å². The molecule has 0 spiro atoms. The molecule has 0 aliphatic carbocycles. The number of aromatic nitrogens is 2. The summed E-state index contributed by atoms with van der Waals surface area (Å²) in [6.45, 7) is 2.46. The second-order valence-electron chi connectivity index (χ2n) is 6.54. The Labute approximate surface area is 158 Å². The van der Waals surface area contributed by atoms with Gasteiger partial charge in [-0.1, -0.05) is 48.5 Å². The Morgan fingerprint density at radius 2 is 1.74 bits per heavy atom. The third kappa shape index (κ3) is 4.23. The average molecular weight is 362 g/mol. The summed E-state index contributed by atoms with van der Waals surface area (Å²) in [6, 6.07) is 17.6. The molecule has 0 fully saturated rings. The minimum atomic E-state index is -0.547. The molecule has 6 heteroatoms. The van der Waals surface area contributed by atoms with E-state index in [4.69, 9.17) is 0 Å². The van der Waals surface area contributed by atoms with Crippen molar-refractivity contribution in [2.24, 2.45) is 0 Å². The number of amides is 1. The van der Waals surface area contributed by atoms with Gasteiger partial charge < -0.3 is 14.8 Å². The van der Waals surface area contributed by atoms with Gasteiger partial charge in [-0.2, -0.15) is 4.98 Å². The van der Waals surface area contributed by atoms with Gasteiger partial charge in [0.15, 0.2) is 0 Å². The van der Waals surface area contributed by atoms with Crippen LogP contribution in [0.25, 0.3) is 0 Å². The summed E-state index contributed by atoms with van der Waals surface area (Å²) in [5.74, 6) is 0.0326. The highest BCUT2D eigenvalue weighted by Crippen LogP contribution is 2.19. The van der Waals surface area contributed by atoms with Gasteiger partial charge >= 0.3 is 0 Å². The number of benzene rings is 2. The number of carbonyl (C=O) groups excluding carboxylic acids is 1. The van der Waals surface area contributed by atoms with E-state index in [9.17, 15) is 9.59 Å². The van der Waals surface area contributed by atoms with E-state index >= 15 is 0 Å². The van der Waals surface area contributed by atoms with Crippen molar-refractivity contribution in [3.05, 3.63) is 87.8 Å². The largest absolute Gasteiger partial charge is 0.345 e. The van der Waals surface area contributed by atoms with Crippen molar-refractivity contribution >= 4 is 17.5 Å². The lowest BCUT2D eigenvalue weighted by Crippen LogP contribution is -2.31. The number of hydrogen-bond acceptors (Lipinski definition) is 4. The average Bonchev–Trinajstić information content (AvgIpc) is 2.66. The van der Waals surface area contributed by atoms with Crippen LogP contribution in [0, 0.1) is 6.92 Å². The lowest BCUT2D eigenvalue weighted by Gasteiger charge is -2.17. The fourth-order valence-corrected chi connectivity index (χ4v) is 2.71. The molecule has 0 aliphatic heterocycles. The van der Waals surface area contributed by atoms with Gasteiger partial charge in [0.1, 0.15) is 5.56 Å². The molecule has 0 aliphatic rings. The minimum absolute atomic E-state index is 0.0475. The van der Waals surface area contributed by atoms with Crippen molar-refractivity contribution in [3.8, 4) is 0 Å². The highest BCUT2D eigenvalue weighted by atomic mass is 16.2. The van der Waals surface area contributed by atoms with Crippen molar-refractivity contribution in [2.45, 2.75) is 13.5 Å². The van der Waals surface area contributed by atoms with Crippen LogP contribution in [0.15, 0.2) is 65.6 Å². The molecule has 1 heterocycles. The van der Waals surface area contributed by atoms with Crippen LogP contribution in [0.4, 0.5) is 11.6 Å². The first kappa shape index (κ1) is 18.4. The summed E-state index contributed by atoms with van der Waals surface area (Å²) < 4.78 is 1.79. The van der Waals surface area contributed by atoms with E-state index < -0.39 is 5.56 Å². The molecule has 1 aromatic heterocycles. The van der Waals surface area contributed by atoms with Crippen LogP contribution in [0.3, 0.4) is 0 Å². The minimum Gasteiger partial charge on any atom is -0.345 e. The van der Waals surface area contributed by atoms with Gasteiger partial charge in [-0.15, -0.1) is 0 Å². The van der Waals surface area contributed by atoms with Crippen LogP contribution in [0.5, 0.6) is 0 Å². The second-order valence-corrected chi connectivity index (χ2v) is 6.54. The first-order valence-electron chi connectivity index (χ1n) is 8.65. The molecule has 0 saturated heterocycles. The Bertz CT molecular complexity index is 1010. The number of nitrogens with zero attached hydrogens (tertiary/aromatic N) is 3. The molecule has 1 amide bonds. The predicted octanol–water partition coefficient (Wildman–Crippen LogP) is 3.05. The highest BCUT2D eigenvalue weighted by molar-refractivity contribution is 5.93. The quantitative estimate of drug-likeness (QED) is 0.758. The van der Waals surface area contributed by atoms with Crippen molar-refractivity contribution in [1.29, 1.82) is 0 Å². The van der Waals surface area contributed by atoms with Gasteiger partial charge in [-0.25, -0.2) is 0 Å². The number of hydrogen-bond donors (Lipinski definition) is 1. The summed E-state index contributed by atoms with van der Waals surface area (Å²) in [6.07, 6.45) is 1.57. The van der Waals surface area contributed by atoms with E-state index in [1.165, 1.54) is 4.90 Å². The lowest BCUT2D eigenvalue weighted by atomic mass is 10.2. The van der Waals surface area contributed by atoms with Crippen LogP contribution in [-0.2, 0) is 6.54 Å². The van der Waals surface area contributed by atoms with Crippen molar-refractivity contribution in [2.75, 3.05) is 19.4 Å². The molecule has 2 aromatic carbocycles. The Balaban J connectivity index is 2.07. The molecule has 0 atom stereocenters. The van der Waals surface area contributed by atoms with Crippen LogP contribution in [-0.4, -0.2) is 34.5 Å². The van der Waals surface area contributed by atoms with Gasteiger partial charge in [0.25, 0.3) is 11.5 Å². The third-order valence-electron chi connectivity index (χ3n) is 4.22. The zero-order valence-electron chi connectivity index (χ0n) is 15.6. The molecule has 3 rings (SSSR count). The normalized spacial score (nSPS) is 10.5. The predicted molar refractivity (Wildman–Crippen MR) is 107 cm³/mol. The summed E-state index contributed by atoms with van der Waals surface area (Å²) in [5, 5.41) is 3.22. The summed E-state index contributed by atoms with van der Waals surface area (Å²) >= 11 is 0. The van der Waals surface area contributed by atoms with Crippen LogP contribution >= 0.6 is 0 Å². The number of rotatable bonds is 5. The third-order valence-corrected chi connectivity index (χ3v) is 4.22. The Kier molecular flexibility index (Phi) is 5.35. The molecule has 0 radical (unpaired) electrons. The number of nitrogens with one attached hydrogen (secondary N) is 1. The molecule has 138 valence electrons. The van der Waals surface area contributed by atoms with Crippen molar-refractivity contribution in [1.82, 2.24) is 14.5 Å². The van der Waals surface area contributed by atoms with E-state index in [-0.39, 0.29) is 11.5 Å². The maximum atomic E-state index is 12.5. The van der Waals surface area contributed by atoms with Gasteiger partial charge in [0.05, 0.1) is 6.54 Å². The van der Waals surface area contributed by atoms with E-state index in [2.05, 4.69) is 10.3 Å². The fraction of sp³-hybridized carbons (Fsp3) is 0.190. The first-order valence-corrected chi connectivity index (χ1v) is 8.65. The maximum absolute atomic E-state index is 12.5. The molecule has 1 N–H and O–H groups in total. The van der Waals surface area contributed by atoms with E-state index in [0.29, 0.717) is 12.5 Å². The van der Waals surface area contributed by atoms with E-state index in [0.717, 1.165) is 16.8 Å². The Morgan fingerprint density at radius 3 is 2.41 bits per heavy atom. The Hall–Kier alpha value is -3.41. The molecule has 6 nitrogen and oxygen atoms in total. The highest BCUT2D eigenvalue weighted by Gasteiger charge is 2.17. The first-order chi connectivity index (χ1) is 13.0. The molecule has 0 unspecified atom stereocenters. The van der Waals surface area contributed by atoms with Crippen LogP contribution in [0.2, 0.25) is 0 Å². The van der Waals surface area contributed by atoms with Gasteiger partial charge in [-0.3, -0.25) is 9.59 Å². The zero-order chi connectivity index (χ0) is 19.4. The molecule has 27 heavy (non-hydrogen) atoms. The van der Waals surface area contributed by atoms with Gasteiger partial charge in [-0.05, 0) is 24.1 Å². The number of anilines is 2. The maximum Gasteiger partial charge on any atom is 0.287 e. The molecular weight excluding hydrogens is 340 g/mol. The van der Waals surface area contributed by atoms with E-state index in [1.54, 1.807) is 24.9 Å². The monoisotopic (exact) mass is 362 g/mol. The van der Waals surface area contributed by atoms with E-state index in [1.807, 2.05) is 61.5 Å².